The van der Waals surface area contributed by atoms with Crippen molar-refractivity contribution in [3.63, 3.8) is 0 Å². The van der Waals surface area contributed by atoms with Crippen molar-refractivity contribution in [2.45, 2.75) is 109 Å². The number of hydrogen-bond donors (Lipinski definition) is 1. The van der Waals surface area contributed by atoms with E-state index in [0.29, 0.717) is 11.4 Å². The number of anilines is 1. The van der Waals surface area contributed by atoms with Crippen molar-refractivity contribution in [1.82, 2.24) is 5.43 Å². The average Bonchev–Trinajstić information content (AvgIpc) is 3.11. The molecule has 1 saturated heterocycles. The van der Waals surface area contributed by atoms with Crippen LogP contribution < -0.4 is 66.6 Å². The Morgan fingerprint density at radius 1 is 0.897 bits per heavy atom. The molecule has 1 fully saturated rings. The number of nitrogens with zero attached hydrogens (tertiary/aromatic N) is 1. The van der Waals surface area contributed by atoms with E-state index in [0.717, 1.165) is 19.3 Å². The molecular weight excluding hydrogens is 540 g/mol. The van der Waals surface area contributed by atoms with Crippen LogP contribution in [0.3, 0.4) is 0 Å². The minimum absolute atomic E-state index is 0. The van der Waals surface area contributed by atoms with E-state index in [4.69, 9.17) is 4.74 Å². The minimum Gasteiger partial charge on any atom is -0.744 e. The number of unbranched alkanes of at least 4 members (excludes halogenated alkanes) is 10. The van der Waals surface area contributed by atoms with Gasteiger partial charge in [-0.15, -0.1) is 0 Å². The summed E-state index contributed by atoms with van der Waals surface area (Å²) in [6.07, 6.45) is 14.7. The van der Waals surface area contributed by atoms with E-state index < -0.39 is 20.4 Å². The van der Waals surface area contributed by atoms with Gasteiger partial charge < -0.3 is 9.29 Å². The molecule has 3 rings (SSSR count). The van der Waals surface area contributed by atoms with Crippen LogP contribution in [0.1, 0.15) is 97.8 Å². The summed E-state index contributed by atoms with van der Waals surface area (Å²) < 4.78 is 41.8. The summed E-state index contributed by atoms with van der Waals surface area (Å²) in [7, 11) is -4.84. The van der Waals surface area contributed by atoms with Crippen molar-refractivity contribution >= 4 is 21.7 Å². The van der Waals surface area contributed by atoms with Crippen LogP contribution in [-0.2, 0) is 14.9 Å². The van der Waals surface area contributed by atoms with E-state index in [1.54, 1.807) is 36.4 Å². The Morgan fingerprint density at radius 3 is 2.03 bits per heavy atom. The number of ether oxygens (including phenoxy) is 1. The van der Waals surface area contributed by atoms with Gasteiger partial charge in [0.1, 0.15) is 21.6 Å². The van der Waals surface area contributed by atoms with Gasteiger partial charge in [0.05, 0.1) is 16.0 Å². The van der Waals surface area contributed by atoms with Gasteiger partial charge in [0.25, 0.3) is 0 Å². The Balaban J connectivity index is 0.00000533. The largest absolute Gasteiger partial charge is 1.00 e. The monoisotopic (exact) mass is 582 g/mol. The van der Waals surface area contributed by atoms with E-state index in [1.165, 1.54) is 74.9 Å². The van der Waals surface area contributed by atoms with Crippen LogP contribution in [-0.4, -0.2) is 24.9 Å². The first-order valence-electron chi connectivity index (χ1n) is 14.1. The fourth-order valence-electron chi connectivity index (χ4n) is 4.97. The van der Waals surface area contributed by atoms with Crippen molar-refractivity contribution in [3.8, 4) is 11.5 Å². The molecule has 0 bridgehead atoms. The third kappa shape index (κ3) is 10.2. The summed E-state index contributed by atoms with van der Waals surface area (Å²) in [5, 5.41) is 1.38. The maximum Gasteiger partial charge on any atom is 1.00 e. The number of benzene rings is 2. The second kappa shape index (κ2) is 16.6. The third-order valence-corrected chi connectivity index (χ3v) is 8.29. The van der Waals surface area contributed by atoms with Gasteiger partial charge in [-0.1, -0.05) is 95.8 Å². The van der Waals surface area contributed by atoms with E-state index in [2.05, 4.69) is 12.3 Å². The first-order chi connectivity index (χ1) is 18.1. The maximum absolute atomic E-state index is 13.3. The predicted octanol–water partition coefficient (Wildman–Crippen LogP) is 4.33. The average molecular weight is 583 g/mol. The molecule has 1 aliphatic rings. The SMILES string of the molecule is CCCCCCCCCCCCCC1NN(c2ccc(Oc3ccccc3)c(S(=O)(=O)[O-])c2)C(=O)C1(C)C.[K+]. The molecule has 2 aromatic rings. The van der Waals surface area contributed by atoms with Crippen molar-refractivity contribution in [2.75, 3.05) is 5.01 Å². The second-order valence-electron chi connectivity index (χ2n) is 10.9. The van der Waals surface area contributed by atoms with Crippen LogP contribution in [0, 0.1) is 5.41 Å². The first-order valence-corrected chi connectivity index (χ1v) is 15.5. The van der Waals surface area contributed by atoms with Crippen molar-refractivity contribution in [1.29, 1.82) is 0 Å². The van der Waals surface area contributed by atoms with Gasteiger partial charge in [-0.2, -0.15) is 0 Å². The number of hydrazine groups is 1. The predicted molar refractivity (Wildman–Crippen MR) is 150 cm³/mol. The fraction of sp³-hybridized carbons (Fsp3) is 0.567. The molecule has 0 aliphatic carbocycles. The maximum atomic E-state index is 13.3. The Labute approximate surface area is 277 Å². The Kier molecular flexibility index (Phi) is 14.7. The van der Waals surface area contributed by atoms with Gasteiger partial charge >= 0.3 is 51.4 Å². The molecule has 210 valence electrons. The van der Waals surface area contributed by atoms with Crippen molar-refractivity contribution in [2.24, 2.45) is 5.41 Å². The van der Waals surface area contributed by atoms with Crippen molar-refractivity contribution in [3.05, 3.63) is 48.5 Å². The van der Waals surface area contributed by atoms with E-state index in [1.807, 2.05) is 13.8 Å². The summed E-state index contributed by atoms with van der Waals surface area (Å²) >= 11 is 0. The molecule has 0 aromatic heterocycles. The molecule has 39 heavy (non-hydrogen) atoms. The van der Waals surface area contributed by atoms with Gasteiger partial charge in [-0.05, 0) is 50.6 Å². The molecule has 1 amide bonds. The van der Waals surface area contributed by atoms with Gasteiger partial charge in [0, 0.05) is 6.04 Å². The first kappa shape index (κ1) is 34.4. The summed E-state index contributed by atoms with van der Waals surface area (Å²) in [6, 6.07) is 12.8. The number of nitrogens with one attached hydrogen (secondary N) is 1. The summed E-state index contributed by atoms with van der Waals surface area (Å²) in [4.78, 5) is 12.8. The normalized spacial score (nSPS) is 16.8. The Bertz CT molecular complexity index is 1140. The molecule has 1 heterocycles. The zero-order valence-electron chi connectivity index (χ0n) is 24.1. The number of amides is 1. The van der Waals surface area contributed by atoms with Gasteiger partial charge in [0.2, 0.25) is 5.91 Å². The standard InChI is InChI=1S/C30H44N2O5S.K/c1-4-5-6-7-8-9-10-11-12-13-17-20-28-30(2,3)29(33)32(31-28)24-21-22-26(27(23-24)38(34,35)36)37-25-18-15-14-16-19-25;/h14-16,18-19,21-23,28,31H,4-13,17,20H2,1-3H3,(H,34,35,36);/q;+1/p-1. The summed E-state index contributed by atoms with van der Waals surface area (Å²) in [5.74, 6) is 0.184. The molecule has 9 heteroatoms. The molecule has 2 aromatic carbocycles. The van der Waals surface area contributed by atoms with Crippen LogP contribution in [0.5, 0.6) is 11.5 Å². The smallest absolute Gasteiger partial charge is 0.744 e. The quantitative estimate of drug-likeness (QED) is 0.180. The third-order valence-electron chi connectivity index (χ3n) is 7.43. The minimum atomic E-state index is -4.84. The van der Waals surface area contributed by atoms with E-state index in [9.17, 15) is 17.8 Å². The fourth-order valence-corrected chi connectivity index (χ4v) is 5.60. The number of para-hydroxylation sites is 1. The topological polar surface area (TPSA) is 98.8 Å². The molecular formula is C30H43KN2O5S. The molecule has 1 N–H and O–H groups in total. The van der Waals surface area contributed by atoms with Crippen LogP contribution in [0.4, 0.5) is 5.69 Å². The van der Waals surface area contributed by atoms with Crippen LogP contribution in [0.15, 0.2) is 53.4 Å². The van der Waals surface area contributed by atoms with Crippen LogP contribution in [0.2, 0.25) is 0 Å². The Hall–Kier alpha value is -0.784. The van der Waals surface area contributed by atoms with E-state index in [-0.39, 0.29) is 69.1 Å². The number of hydrogen-bond acceptors (Lipinski definition) is 6. The van der Waals surface area contributed by atoms with E-state index >= 15 is 0 Å². The van der Waals surface area contributed by atoms with Gasteiger partial charge in [-0.3, -0.25) is 4.79 Å². The molecule has 7 nitrogen and oxygen atoms in total. The Morgan fingerprint density at radius 2 is 1.46 bits per heavy atom. The van der Waals surface area contributed by atoms with Crippen LogP contribution >= 0.6 is 0 Å². The zero-order valence-corrected chi connectivity index (χ0v) is 28.0. The van der Waals surface area contributed by atoms with Gasteiger partial charge in [0.15, 0.2) is 0 Å². The number of carbonyl (C=O) groups is 1. The summed E-state index contributed by atoms with van der Waals surface area (Å²) in [6.45, 7) is 6.06. The molecule has 1 aliphatic heterocycles. The van der Waals surface area contributed by atoms with Crippen molar-refractivity contribution < 1.29 is 73.9 Å². The van der Waals surface area contributed by atoms with Crippen LogP contribution in [0.25, 0.3) is 0 Å². The molecule has 1 unspecified atom stereocenters. The number of carbonyl (C=O) groups excluding carboxylic acids is 1. The zero-order chi connectivity index (χ0) is 27.6. The summed E-state index contributed by atoms with van der Waals surface area (Å²) in [5.41, 5.74) is 2.92. The molecule has 0 radical (unpaired) electrons. The molecule has 0 saturated carbocycles. The molecule has 1 atom stereocenters. The second-order valence-corrected chi connectivity index (χ2v) is 12.2. The molecule has 0 spiro atoms. The van der Waals surface area contributed by atoms with Gasteiger partial charge in [-0.25, -0.2) is 18.9 Å². The number of rotatable bonds is 16.